The van der Waals surface area contributed by atoms with E-state index in [0.717, 1.165) is 5.69 Å². The molecule has 1 aromatic carbocycles. The number of nitrogens with zero attached hydrogens (tertiary/aromatic N) is 4. The number of benzene rings is 1. The zero-order valence-electron chi connectivity index (χ0n) is 15.2. The van der Waals surface area contributed by atoms with E-state index in [1.807, 2.05) is 13.0 Å². The zero-order chi connectivity index (χ0) is 18.7. The van der Waals surface area contributed by atoms with E-state index in [4.69, 9.17) is 4.42 Å². The van der Waals surface area contributed by atoms with Crippen LogP contribution >= 0.6 is 23.9 Å². The summed E-state index contributed by atoms with van der Waals surface area (Å²) in [5, 5.41) is 12.6. The minimum absolute atomic E-state index is 0.215. The van der Waals surface area contributed by atoms with Gasteiger partial charge in [0.15, 0.2) is 0 Å². The van der Waals surface area contributed by atoms with Crippen molar-refractivity contribution in [2.24, 2.45) is 0 Å². The van der Waals surface area contributed by atoms with Gasteiger partial charge in [0, 0.05) is 4.90 Å². The maximum atomic E-state index is 13.0. The van der Waals surface area contributed by atoms with Crippen LogP contribution in [-0.2, 0) is 12.3 Å². The first kappa shape index (κ1) is 19.0. The molecule has 0 aliphatic rings. The third kappa shape index (κ3) is 4.12. The Morgan fingerprint density at radius 2 is 1.88 bits per heavy atom. The molecule has 2 aromatic heterocycles. The lowest BCUT2D eigenvalue weighted by atomic mass is 10.0. The van der Waals surface area contributed by atoms with Gasteiger partial charge in [-0.25, -0.2) is 0 Å². The second-order valence-corrected chi connectivity index (χ2v) is 7.89. The van der Waals surface area contributed by atoms with Gasteiger partial charge in [-0.3, -0.25) is 4.68 Å². The number of rotatable bonds is 7. The summed E-state index contributed by atoms with van der Waals surface area (Å²) in [5.41, 5.74) is 2.74. The van der Waals surface area contributed by atoms with Crippen molar-refractivity contribution in [2.75, 3.05) is 0 Å². The Labute approximate surface area is 161 Å². The van der Waals surface area contributed by atoms with Gasteiger partial charge in [-0.2, -0.15) is 8.98 Å². The average Bonchev–Trinajstić information content (AvgIpc) is 3.17. The van der Waals surface area contributed by atoms with E-state index in [1.165, 1.54) is 10.5 Å². The van der Waals surface area contributed by atoms with E-state index in [0.29, 0.717) is 40.6 Å². The Hall–Kier alpha value is -1.80. The highest BCUT2D eigenvalue weighted by Gasteiger charge is 2.15. The minimum atomic E-state index is 0.215. The van der Waals surface area contributed by atoms with Crippen molar-refractivity contribution >= 4 is 23.9 Å². The van der Waals surface area contributed by atoms with Crippen LogP contribution in [0, 0.1) is 13.8 Å². The number of halogens is 1. The van der Waals surface area contributed by atoms with Crippen molar-refractivity contribution in [3.63, 3.8) is 0 Å². The van der Waals surface area contributed by atoms with Gasteiger partial charge in [0.2, 0.25) is 11.8 Å². The van der Waals surface area contributed by atoms with Gasteiger partial charge in [0.1, 0.15) is 6.54 Å². The first-order valence-electron chi connectivity index (χ1n) is 8.35. The Bertz CT molecular complexity index is 891. The van der Waals surface area contributed by atoms with Crippen LogP contribution in [-0.4, -0.2) is 20.0 Å². The molecule has 2 heterocycles. The molecule has 0 amide bonds. The molecule has 3 aromatic rings. The van der Waals surface area contributed by atoms with Crippen LogP contribution < -0.4 is 0 Å². The maximum absolute atomic E-state index is 13.0. The first-order valence-corrected chi connectivity index (χ1v) is 10.1. The van der Waals surface area contributed by atoms with Crippen LogP contribution in [0.15, 0.2) is 38.5 Å². The topological polar surface area (TPSA) is 56.7 Å². The summed E-state index contributed by atoms with van der Waals surface area (Å²) in [7, 11) is 0. The van der Waals surface area contributed by atoms with Crippen molar-refractivity contribution in [3.8, 4) is 0 Å². The number of aryl methyl sites for hydroxylation is 1. The lowest BCUT2D eigenvalue weighted by Crippen LogP contribution is -2.04. The summed E-state index contributed by atoms with van der Waals surface area (Å²) in [6, 6.07) is 8.36. The summed E-state index contributed by atoms with van der Waals surface area (Å²) < 4.78 is 20.4. The van der Waals surface area contributed by atoms with Gasteiger partial charge >= 0.3 is 0 Å². The minimum Gasteiger partial charge on any atom is -0.422 e. The molecule has 8 heteroatoms. The molecule has 0 spiro atoms. The Balaban J connectivity index is 1.68. The Morgan fingerprint density at radius 3 is 2.58 bits per heavy atom. The molecule has 0 bridgehead atoms. The summed E-state index contributed by atoms with van der Waals surface area (Å²) in [6.45, 7) is 8.32. The van der Waals surface area contributed by atoms with Crippen molar-refractivity contribution < 1.29 is 8.30 Å². The largest absolute Gasteiger partial charge is 0.422 e. The molecule has 0 aliphatic heterocycles. The third-order valence-corrected chi connectivity index (χ3v) is 5.90. The maximum Gasteiger partial charge on any atom is 0.237 e. The molecular weight excluding hydrogens is 371 g/mol. The van der Waals surface area contributed by atoms with Gasteiger partial charge in [0.25, 0.3) is 0 Å². The molecule has 0 aliphatic carbocycles. The van der Waals surface area contributed by atoms with Crippen molar-refractivity contribution in [3.05, 3.63) is 53.0 Å². The molecule has 0 N–H and O–H groups in total. The molecule has 0 saturated heterocycles. The fourth-order valence-electron chi connectivity index (χ4n) is 2.71. The molecule has 0 atom stereocenters. The molecule has 0 radical (unpaired) electrons. The lowest BCUT2D eigenvalue weighted by molar-refractivity contribution is 0.438. The molecule has 0 saturated carbocycles. The van der Waals surface area contributed by atoms with Crippen LogP contribution in [0.5, 0.6) is 0 Å². The Morgan fingerprint density at radius 1 is 1.15 bits per heavy atom. The number of hydrogen-bond acceptors (Lipinski definition) is 6. The van der Waals surface area contributed by atoms with Crippen LogP contribution in [0.1, 0.15) is 48.5 Å². The normalized spacial score (nSPS) is 11.5. The molecule has 5 nitrogen and oxygen atoms in total. The third-order valence-electron chi connectivity index (χ3n) is 4.08. The van der Waals surface area contributed by atoms with Crippen molar-refractivity contribution in [1.29, 1.82) is 0 Å². The van der Waals surface area contributed by atoms with Crippen LogP contribution in [0.4, 0.5) is 3.89 Å². The highest BCUT2D eigenvalue weighted by Crippen LogP contribution is 2.30. The lowest BCUT2D eigenvalue weighted by Gasteiger charge is -2.10. The fourth-order valence-corrected chi connectivity index (χ4v) is 4.12. The highest BCUT2D eigenvalue weighted by atomic mass is 32.2. The van der Waals surface area contributed by atoms with E-state index in [1.54, 1.807) is 23.4 Å². The first-order chi connectivity index (χ1) is 12.5. The number of hydrogen-bond donors (Lipinski definition) is 0. The molecular formula is C18H21FN4OS2. The van der Waals surface area contributed by atoms with E-state index < -0.39 is 0 Å². The molecule has 0 fully saturated rings. The van der Waals surface area contributed by atoms with Gasteiger partial charge in [0.05, 0.1) is 34.2 Å². The second kappa shape index (κ2) is 8.26. The van der Waals surface area contributed by atoms with E-state index in [-0.39, 0.29) is 12.1 Å². The predicted octanol–water partition coefficient (Wildman–Crippen LogP) is 5.32. The summed E-state index contributed by atoms with van der Waals surface area (Å²) in [4.78, 5) is 1.77. The number of aromatic nitrogens is 4. The molecule has 3 rings (SSSR count). The van der Waals surface area contributed by atoms with E-state index in [2.05, 4.69) is 47.3 Å². The highest BCUT2D eigenvalue weighted by molar-refractivity contribution is 7.98. The van der Waals surface area contributed by atoms with Crippen molar-refractivity contribution in [1.82, 2.24) is 20.0 Å². The Kier molecular flexibility index (Phi) is 6.03. The summed E-state index contributed by atoms with van der Waals surface area (Å²) >= 11 is 1.90. The van der Waals surface area contributed by atoms with Gasteiger partial charge in [-0.05, 0) is 31.4 Å². The van der Waals surface area contributed by atoms with Gasteiger partial charge < -0.3 is 4.42 Å². The molecule has 138 valence electrons. The van der Waals surface area contributed by atoms with Gasteiger partial charge in [-0.15, -0.1) is 22.0 Å². The SMILES string of the molecule is Cc1nn(Cc2nnc(CSc3ccccc3C(C)C)o2)c(C)c1SF. The smallest absolute Gasteiger partial charge is 0.237 e. The number of thioether (sulfide) groups is 1. The summed E-state index contributed by atoms with van der Waals surface area (Å²) in [5.74, 6) is 2.12. The zero-order valence-corrected chi connectivity index (χ0v) is 16.8. The molecule has 26 heavy (non-hydrogen) atoms. The monoisotopic (exact) mass is 392 g/mol. The summed E-state index contributed by atoms with van der Waals surface area (Å²) in [6.07, 6.45) is 0. The average molecular weight is 393 g/mol. The van der Waals surface area contributed by atoms with Crippen molar-refractivity contribution in [2.45, 2.75) is 55.7 Å². The van der Waals surface area contributed by atoms with Crippen LogP contribution in [0.3, 0.4) is 0 Å². The van der Waals surface area contributed by atoms with Gasteiger partial charge in [-0.1, -0.05) is 32.0 Å². The van der Waals surface area contributed by atoms with E-state index in [9.17, 15) is 3.89 Å². The predicted molar refractivity (Wildman–Crippen MR) is 102 cm³/mol. The quantitative estimate of drug-likeness (QED) is 0.507. The second-order valence-electron chi connectivity index (χ2n) is 6.31. The van der Waals surface area contributed by atoms with Crippen LogP contribution in [0.25, 0.3) is 0 Å². The van der Waals surface area contributed by atoms with E-state index >= 15 is 0 Å². The fraction of sp³-hybridized carbons (Fsp3) is 0.389. The standard InChI is InChI=1S/C18H21FN4OS2/c1-11(2)14-7-5-6-8-15(14)25-10-17-21-20-16(24-17)9-23-13(4)18(26-19)12(3)22-23/h5-8,11H,9-10H2,1-4H3. The molecule has 0 unspecified atom stereocenters. The van der Waals surface area contributed by atoms with Crippen LogP contribution in [0.2, 0.25) is 0 Å².